The van der Waals surface area contributed by atoms with Gasteiger partial charge in [-0.15, -0.1) is 0 Å². The largest absolute Gasteiger partial charge is 0.351 e. The number of sulfonamides is 1. The Morgan fingerprint density at radius 1 is 1.00 bits per heavy atom. The summed E-state index contributed by atoms with van der Waals surface area (Å²) in [6.07, 6.45) is 2.93. The molecule has 2 aromatic carbocycles. The summed E-state index contributed by atoms with van der Waals surface area (Å²) in [6, 6.07) is 25.5. The molecule has 0 bridgehead atoms. The number of thiocarbonyl (C=S) groups is 1. The SMILES string of the molecule is Cc1cc([C@H]2[C@@H](c3ccccn3)NC(=S)N2c2ccc(NS(C)(=O)=O)cc2)c(C)n1Cc1ccccc1. The van der Waals surface area contributed by atoms with E-state index in [1.807, 2.05) is 36.4 Å². The molecule has 1 saturated heterocycles. The molecule has 5 rings (SSSR count). The highest BCUT2D eigenvalue weighted by atomic mass is 32.2. The van der Waals surface area contributed by atoms with Crippen LogP contribution in [0.25, 0.3) is 0 Å². The van der Waals surface area contributed by atoms with Crippen LogP contribution in [0.1, 0.15) is 40.3 Å². The zero-order valence-corrected chi connectivity index (χ0v) is 22.6. The van der Waals surface area contributed by atoms with Gasteiger partial charge in [-0.05, 0) is 79.7 Å². The number of aromatic nitrogens is 2. The molecule has 37 heavy (non-hydrogen) atoms. The van der Waals surface area contributed by atoms with Crippen LogP contribution in [0.3, 0.4) is 0 Å². The van der Waals surface area contributed by atoms with E-state index in [1.165, 1.54) is 17.0 Å². The monoisotopic (exact) mass is 531 g/mol. The van der Waals surface area contributed by atoms with Crippen LogP contribution in [0.2, 0.25) is 0 Å². The first-order valence-electron chi connectivity index (χ1n) is 12.0. The minimum atomic E-state index is -3.36. The van der Waals surface area contributed by atoms with Crippen molar-refractivity contribution >= 4 is 38.7 Å². The third-order valence-corrected chi connectivity index (χ3v) is 7.58. The van der Waals surface area contributed by atoms with Gasteiger partial charge in [0.1, 0.15) is 0 Å². The maximum atomic E-state index is 11.7. The van der Waals surface area contributed by atoms with Gasteiger partial charge < -0.3 is 14.8 Å². The molecule has 9 heteroatoms. The highest BCUT2D eigenvalue weighted by Crippen LogP contribution is 2.43. The van der Waals surface area contributed by atoms with Gasteiger partial charge in [0.05, 0.1) is 24.0 Å². The van der Waals surface area contributed by atoms with Gasteiger partial charge in [-0.2, -0.15) is 0 Å². The zero-order chi connectivity index (χ0) is 26.2. The van der Waals surface area contributed by atoms with Crippen LogP contribution in [0.5, 0.6) is 0 Å². The van der Waals surface area contributed by atoms with Crippen LogP contribution >= 0.6 is 12.2 Å². The van der Waals surface area contributed by atoms with E-state index in [-0.39, 0.29) is 12.1 Å². The number of hydrogen-bond acceptors (Lipinski definition) is 4. The number of benzene rings is 2. The summed E-state index contributed by atoms with van der Waals surface area (Å²) in [5.41, 5.74) is 7.01. The highest BCUT2D eigenvalue weighted by Gasteiger charge is 2.42. The Morgan fingerprint density at radius 3 is 2.35 bits per heavy atom. The van der Waals surface area contributed by atoms with E-state index in [1.54, 1.807) is 18.3 Å². The molecule has 2 atom stereocenters. The summed E-state index contributed by atoms with van der Waals surface area (Å²) in [5, 5.41) is 4.09. The summed E-state index contributed by atoms with van der Waals surface area (Å²) < 4.78 is 28.2. The molecule has 1 fully saturated rings. The number of rotatable bonds is 7. The first kappa shape index (κ1) is 25.0. The third kappa shape index (κ3) is 5.23. The molecular formula is C28H29N5O2S2. The first-order valence-corrected chi connectivity index (χ1v) is 14.3. The number of anilines is 2. The van der Waals surface area contributed by atoms with Crippen LogP contribution < -0.4 is 14.9 Å². The smallest absolute Gasteiger partial charge is 0.229 e. The van der Waals surface area contributed by atoms with Crippen LogP contribution in [0.4, 0.5) is 11.4 Å². The Balaban J connectivity index is 1.58. The van der Waals surface area contributed by atoms with Crippen LogP contribution in [0, 0.1) is 13.8 Å². The van der Waals surface area contributed by atoms with Crippen molar-refractivity contribution in [2.45, 2.75) is 32.5 Å². The minimum absolute atomic E-state index is 0.146. The van der Waals surface area contributed by atoms with E-state index in [2.05, 4.69) is 68.7 Å². The fourth-order valence-corrected chi connectivity index (χ4v) is 5.90. The van der Waals surface area contributed by atoms with Crippen LogP contribution in [-0.4, -0.2) is 29.3 Å². The second-order valence-corrected chi connectivity index (χ2v) is 11.5. The van der Waals surface area contributed by atoms with Gasteiger partial charge in [0.15, 0.2) is 5.11 Å². The molecule has 2 aromatic heterocycles. The molecule has 1 aliphatic heterocycles. The van der Waals surface area contributed by atoms with Crippen molar-refractivity contribution in [3.8, 4) is 0 Å². The van der Waals surface area contributed by atoms with Gasteiger partial charge in [0, 0.05) is 35.5 Å². The van der Waals surface area contributed by atoms with Gasteiger partial charge in [-0.3, -0.25) is 9.71 Å². The van der Waals surface area contributed by atoms with Crippen molar-refractivity contribution in [2.75, 3.05) is 15.9 Å². The van der Waals surface area contributed by atoms with Gasteiger partial charge in [-0.1, -0.05) is 36.4 Å². The van der Waals surface area contributed by atoms with Gasteiger partial charge in [0.25, 0.3) is 0 Å². The fraction of sp³-hybridized carbons (Fsp3) is 0.214. The van der Waals surface area contributed by atoms with Crippen molar-refractivity contribution in [2.24, 2.45) is 0 Å². The van der Waals surface area contributed by atoms with E-state index < -0.39 is 10.0 Å². The summed E-state index contributed by atoms with van der Waals surface area (Å²) >= 11 is 5.85. The molecule has 0 radical (unpaired) electrons. The second kappa shape index (κ2) is 9.99. The Morgan fingerprint density at radius 2 is 1.70 bits per heavy atom. The third-order valence-electron chi connectivity index (χ3n) is 6.66. The molecule has 3 heterocycles. The van der Waals surface area contributed by atoms with Crippen LogP contribution in [0.15, 0.2) is 85.1 Å². The molecular weight excluding hydrogens is 502 g/mol. The van der Waals surface area contributed by atoms with Crippen molar-refractivity contribution in [3.63, 3.8) is 0 Å². The Hall–Kier alpha value is -3.69. The van der Waals surface area contributed by atoms with Crippen molar-refractivity contribution in [1.29, 1.82) is 0 Å². The number of nitrogens with zero attached hydrogens (tertiary/aromatic N) is 3. The summed E-state index contributed by atoms with van der Waals surface area (Å²) in [6.45, 7) is 5.06. The molecule has 4 aromatic rings. The normalized spacial score (nSPS) is 17.6. The first-order chi connectivity index (χ1) is 17.7. The number of nitrogens with one attached hydrogen (secondary N) is 2. The zero-order valence-electron chi connectivity index (χ0n) is 20.9. The summed E-state index contributed by atoms with van der Waals surface area (Å²) in [5.74, 6) is 0. The predicted octanol–water partition coefficient (Wildman–Crippen LogP) is 5.10. The van der Waals surface area contributed by atoms with Crippen molar-refractivity contribution in [3.05, 3.63) is 113 Å². The van der Waals surface area contributed by atoms with E-state index in [4.69, 9.17) is 12.2 Å². The summed E-state index contributed by atoms with van der Waals surface area (Å²) in [4.78, 5) is 6.75. The van der Waals surface area contributed by atoms with Gasteiger partial charge in [-0.25, -0.2) is 8.42 Å². The molecule has 0 unspecified atom stereocenters. The maximum absolute atomic E-state index is 11.7. The molecule has 0 aliphatic carbocycles. The van der Waals surface area contributed by atoms with Gasteiger partial charge in [0.2, 0.25) is 10.0 Å². The molecule has 0 saturated carbocycles. The van der Waals surface area contributed by atoms with Gasteiger partial charge >= 0.3 is 0 Å². The number of hydrogen-bond donors (Lipinski definition) is 2. The molecule has 0 spiro atoms. The summed E-state index contributed by atoms with van der Waals surface area (Å²) in [7, 11) is -3.36. The second-order valence-electron chi connectivity index (χ2n) is 9.32. The highest BCUT2D eigenvalue weighted by molar-refractivity contribution is 7.92. The van der Waals surface area contributed by atoms with E-state index in [0.717, 1.165) is 29.7 Å². The minimum Gasteiger partial charge on any atom is -0.351 e. The lowest BCUT2D eigenvalue weighted by atomic mass is 9.96. The lowest BCUT2D eigenvalue weighted by molar-refractivity contribution is 0.563. The maximum Gasteiger partial charge on any atom is 0.229 e. The van der Waals surface area contributed by atoms with Crippen molar-refractivity contribution < 1.29 is 8.42 Å². The Kier molecular flexibility index (Phi) is 6.74. The van der Waals surface area contributed by atoms with Crippen LogP contribution in [-0.2, 0) is 16.6 Å². The average Bonchev–Trinajstić information content (AvgIpc) is 3.36. The van der Waals surface area contributed by atoms with E-state index >= 15 is 0 Å². The number of pyridine rings is 1. The standard InChI is InChI=1S/C28H29N5O2S2/c1-19-17-24(20(2)32(19)18-21-9-5-4-6-10-21)27-26(25-11-7-8-16-29-25)30-28(36)33(27)23-14-12-22(13-15-23)31-37(3,34)35/h4-17,26-27,31H,18H2,1-3H3,(H,30,36)/t26-,27+/m1/s1. The molecule has 190 valence electrons. The average molecular weight is 532 g/mol. The molecule has 2 N–H and O–H groups in total. The number of aryl methyl sites for hydroxylation is 1. The molecule has 0 amide bonds. The lowest BCUT2D eigenvalue weighted by Gasteiger charge is -2.28. The van der Waals surface area contributed by atoms with E-state index in [0.29, 0.717) is 10.8 Å². The quantitative estimate of drug-likeness (QED) is 0.323. The molecule has 1 aliphatic rings. The predicted molar refractivity (Wildman–Crippen MR) is 152 cm³/mol. The Labute approximate surface area is 223 Å². The fourth-order valence-electron chi connectivity index (χ4n) is 4.99. The Bertz CT molecular complexity index is 1520. The van der Waals surface area contributed by atoms with Crippen molar-refractivity contribution in [1.82, 2.24) is 14.9 Å². The topological polar surface area (TPSA) is 79.3 Å². The molecule has 7 nitrogen and oxygen atoms in total. The van der Waals surface area contributed by atoms with E-state index in [9.17, 15) is 8.42 Å². The lowest BCUT2D eigenvalue weighted by Crippen LogP contribution is -2.29.